The van der Waals surface area contributed by atoms with Crippen LogP contribution in [0.4, 0.5) is 5.69 Å². The maximum atomic E-state index is 12.5. The van der Waals surface area contributed by atoms with Gasteiger partial charge in [-0.1, -0.05) is 18.2 Å². The summed E-state index contributed by atoms with van der Waals surface area (Å²) in [5.41, 5.74) is 2.03. The van der Waals surface area contributed by atoms with Gasteiger partial charge >= 0.3 is 0 Å². The highest BCUT2D eigenvalue weighted by Crippen LogP contribution is 2.42. The van der Waals surface area contributed by atoms with Crippen molar-refractivity contribution in [1.29, 1.82) is 0 Å². The summed E-state index contributed by atoms with van der Waals surface area (Å²) in [6, 6.07) is 9.77. The number of carbonyl (C=O) groups is 1. The lowest BCUT2D eigenvalue weighted by atomic mass is 9.95. The number of Topliss-reactive ketones (excluding diaryl/α,β-unsaturated/α-hetero) is 1. The monoisotopic (exact) mass is 273 g/mol. The predicted octanol–water partition coefficient (Wildman–Crippen LogP) is 3.17. The highest BCUT2D eigenvalue weighted by atomic mass is 32.1. The molecule has 1 unspecified atom stereocenters. The fourth-order valence-corrected chi connectivity index (χ4v) is 3.11. The fraction of sp³-hybridized carbons (Fsp3) is 0.267. The lowest BCUT2D eigenvalue weighted by Gasteiger charge is -2.15. The molecule has 0 saturated heterocycles. The first kappa shape index (κ1) is 12.2. The molecule has 2 aromatic rings. The van der Waals surface area contributed by atoms with Gasteiger partial charge in [-0.25, -0.2) is 0 Å². The third kappa shape index (κ3) is 2.02. The van der Waals surface area contributed by atoms with Gasteiger partial charge in [0, 0.05) is 19.7 Å². The summed E-state index contributed by atoms with van der Waals surface area (Å²) < 4.78 is 5.76. The molecule has 0 N–H and O–H groups in total. The molecule has 0 fully saturated rings. The summed E-state index contributed by atoms with van der Waals surface area (Å²) in [6.07, 6.45) is 0. The first-order valence-electron chi connectivity index (χ1n) is 6.19. The molecule has 0 spiro atoms. The molecule has 1 aliphatic rings. The molecule has 3 rings (SSSR count). The van der Waals surface area contributed by atoms with Crippen molar-refractivity contribution in [3.63, 3.8) is 0 Å². The Balaban J connectivity index is 1.99. The van der Waals surface area contributed by atoms with Crippen LogP contribution in [0.1, 0.15) is 21.2 Å². The van der Waals surface area contributed by atoms with Crippen molar-refractivity contribution in [3.05, 3.63) is 46.2 Å². The Hall–Kier alpha value is -1.81. The average molecular weight is 273 g/mol. The number of benzene rings is 1. The number of nitrogens with zero attached hydrogens (tertiary/aromatic N) is 1. The van der Waals surface area contributed by atoms with Crippen LogP contribution < -0.4 is 9.64 Å². The smallest absolute Gasteiger partial charge is 0.183 e. The molecular weight excluding hydrogens is 258 g/mol. The van der Waals surface area contributed by atoms with Crippen LogP contribution in [0, 0.1) is 0 Å². The number of hydrogen-bond donors (Lipinski definition) is 0. The van der Waals surface area contributed by atoms with Crippen LogP contribution in [-0.2, 0) is 0 Å². The molecule has 3 nitrogen and oxygen atoms in total. The number of ether oxygens (including phenoxy) is 1. The second-order valence-corrected chi connectivity index (χ2v) is 5.74. The number of fused-ring (bicyclic) bond motifs is 1. The molecule has 1 aromatic carbocycles. The number of carbonyl (C=O) groups excluding carboxylic acids is 1. The second kappa shape index (κ2) is 4.70. The van der Waals surface area contributed by atoms with E-state index in [1.54, 1.807) is 0 Å². The summed E-state index contributed by atoms with van der Waals surface area (Å²) in [5, 5.41) is 1.93. The molecular formula is C15H15NO2S. The lowest BCUT2D eigenvalue weighted by Crippen LogP contribution is -2.12. The highest BCUT2D eigenvalue weighted by Gasteiger charge is 2.33. The van der Waals surface area contributed by atoms with Crippen LogP contribution in [0.5, 0.6) is 5.75 Å². The van der Waals surface area contributed by atoms with E-state index in [-0.39, 0.29) is 11.7 Å². The molecule has 19 heavy (non-hydrogen) atoms. The Kier molecular flexibility index (Phi) is 3.03. The number of ketones is 1. The zero-order valence-corrected chi connectivity index (χ0v) is 11.7. The van der Waals surface area contributed by atoms with Crippen molar-refractivity contribution in [2.75, 3.05) is 25.6 Å². The maximum Gasteiger partial charge on any atom is 0.183 e. The van der Waals surface area contributed by atoms with Crippen LogP contribution in [0.3, 0.4) is 0 Å². The van der Waals surface area contributed by atoms with Gasteiger partial charge in [0.05, 0.1) is 16.5 Å². The van der Waals surface area contributed by atoms with Gasteiger partial charge in [0.1, 0.15) is 12.4 Å². The number of rotatable bonds is 3. The quantitative estimate of drug-likeness (QED) is 0.804. The molecule has 0 radical (unpaired) electrons. The summed E-state index contributed by atoms with van der Waals surface area (Å²) in [4.78, 5) is 15.3. The van der Waals surface area contributed by atoms with Gasteiger partial charge in [-0.3, -0.25) is 4.79 Å². The average Bonchev–Trinajstić information content (AvgIpc) is 3.06. The van der Waals surface area contributed by atoms with E-state index in [9.17, 15) is 4.79 Å². The van der Waals surface area contributed by atoms with Crippen LogP contribution in [0.2, 0.25) is 0 Å². The van der Waals surface area contributed by atoms with Crippen LogP contribution in [-0.4, -0.2) is 26.5 Å². The van der Waals surface area contributed by atoms with E-state index in [4.69, 9.17) is 4.74 Å². The third-order valence-corrected chi connectivity index (χ3v) is 4.24. The maximum absolute atomic E-state index is 12.5. The molecule has 98 valence electrons. The van der Waals surface area contributed by atoms with Gasteiger partial charge < -0.3 is 9.64 Å². The largest absolute Gasteiger partial charge is 0.490 e. The fourth-order valence-electron chi connectivity index (χ4n) is 2.39. The van der Waals surface area contributed by atoms with Gasteiger partial charge in [-0.15, -0.1) is 11.3 Å². The van der Waals surface area contributed by atoms with Crippen molar-refractivity contribution >= 4 is 22.8 Å². The van der Waals surface area contributed by atoms with Crippen molar-refractivity contribution < 1.29 is 9.53 Å². The lowest BCUT2D eigenvalue weighted by molar-refractivity contribution is 0.0951. The Bertz CT molecular complexity index is 605. The van der Waals surface area contributed by atoms with Crippen LogP contribution in [0.15, 0.2) is 35.7 Å². The van der Waals surface area contributed by atoms with Crippen LogP contribution in [0.25, 0.3) is 0 Å². The molecule has 1 atom stereocenters. The first-order chi connectivity index (χ1) is 9.18. The molecule has 0 aliphatic carbocycles. The van der Waals surface area contributed by atoms with Gasteiger partial charge in [-0.05, 0) is 17.5 Å². The molecule has 1 aromatic heterocycles. The molecule has 4 heteroatoms. The Morgan fingerprint density at radius 1 is 1.32 bits per heavy atom. The Morgan fingerprint density at radius 3 is 2.84 bits per heavy atom. The van der Waals surface area contributed by atoms with E-state index in [0.29, 0.717) is 6.61 Å². The van der Waals surface area contributed by atoms with Gasteiger partial charge in [0.2, 0.25) is 0 Å². The Labute approximate surface area is 116 Å². The minimum absolute atomic E-state index is 0.157. The van der Waals surface area contributed by atoms with E-state index in [1.165, 1.54) is 11.3 Å². The van der Waals surface area contributed by atoms with Gasteiger partial charge in [-0.2, -0.15) is 0 Å². The summed E-state index contributed by atoms with van der Waals surface area (Å²) in [6.45, 7) is 0.441. The summed E-state index contributed by atoms with van der Waals surface area (Å²) in [7, 11) is 3.96. The van der Waals surface area contributed by atoms with E-state index < -0.39 is 0 Å². The topological polar surface area (TPSA) is 29.5 Å². The van der Waals surface area contributed by atoms with Crippen LogP contribution >= 0.6 is 11.3 Å². The van der Waals surface area contributed by atoms with Crippen molar-refractivity contribution in [1.82, 2.24) is 0 Å². The number of para-hydroxylation sites is 1. The normalized spacial score (nSPS) is 16.8. The van der Waals surface area contributed by atoms with Gasteiger partial charge in [0.25, 0.3) is 0 Å². The van der Waals surface area contributed by atoms with E-state index in [1.807, 2.05) is 54.7 Å². The first-order valence-corrected chi connectivity index (χ1v) is 7.07. The van der Waals surface area contributed by atoms with E-state index in [0.717, 1.165) is 21.9 Å². The number of hydrogen-bond acceptors (Lipinski definition) is 4. The third-order valence-electron chi connectivity index (χ3n) is 3.36. The Morgan fingerprint density at radius 2 is 2.16 bits per heavy atom. The molecule has 0 saturated carbocycles. The zero-order chi connectivity index (χ0) is 13.4. The minimum atomic E-state index is -0.173. The van der Waals surface area contributed by atoms with E-state index in [2.05, 4.69) is 0 Å². The SMILES string of the molecule is CN(C)c1cccc2c1OCC2C(=O)c1cccs1. The molecule has 0 bridgehead atoms. The highest BCUT2D eigenvalue weighted by molar-refractivity contribution is 7.12. The predicted molar refractivity (Wildman–Crippen MR) is 77.7 cm³/mol. The standard InChI is InChI=1S/C15H15NO2S/c1-16(2)12-6-3-5-10-11(9-18-15(10)12)14(17)13-7-4-8-19-13/h3-8,11H,9H2,1-2H3. The molecule has 0 amide bonds. The number of anilines is 1. The van der Waals surface area contributed by atoms with Crippen molar-refractivity contribution in [2.45, 2.75) is 5.92 Å². The summed E-state index contributed by atoms with van der Waals surface area (Å²) in [5.74, 6) is 0.834. The van der Waals surface area contributed by atoms with Crippen molar-refractivity contribution in [3.8, 4) is 5.75 Å². The van der Waals surface area contributed by atoms with E-state index >= 15 is 0 Å². The number of thiophene rings is 1. The molecule has 2 heterocycles. The van der Waals surface area contributed by atoms with Gasteiger partial charge in [0.15, 0.2) is 5.78 Å². The van der Waals surface area contributed by atoms with Crippen molar-refractivity contribution in [2.24, 2.45) is 0 Å². The zero-order valence-electron chi connectivity index (χ0n) is 10.9. The summed E-state index contributed by atoms with van der Waals surface area (Å²) >= 11 is 1.49. The minimum Gasteiger partial charge on any atom is -0.490 e. The second-order valence-electron chi connectivity index (χ2n) is 4.80. The molecule has 1 aliphatic heterocycles.